The van der Waals surface area contributed by atoms with Crippen LogP contribution in [-0.2, 0) is 0 Å². The Morgan fingerprint density at radius 2 is 2.04 bits per heavy atom. The maximum Gasteiger partial charge on any atom is 0.255 e. The number of halogens is 2. The van der Waals surface area contributed by atoms with Crippen LogP contribution in [0.25, 0.3) is 11.0 Å². The minimum atomic E-state index is -0.0383. The van der Waals surface area contributed by atoms with Crippen LogP contribution >= 0.6 is 27.5 Å². The summed E-state index contributed by atoms with van der Waals surface area (Å²) in [7, 11) is 0. The molecule has 1 aromatic heterocycles. The van der Waals surface area contributed by atoms with Crippen LogP contribution in [0, 0.1) is 0 Å². The van der Waals surface area contributed by atoms with Gasteiger partial charge < -0.3 is 9.88 Å². The fourth-order valence-electron chi connectivity index (χ4n) is 2.81. The van der Waals surface area contributed by atoms with E-state index in [-0.39, 0.29) is 11.8 Å². The zero-order valence-corrected chi connectivity index (χ0v) is 14.4. The number of benzene rings is 2. The van der Waals surface area contributed by atoms with E-state index in [9.17, 15) is 4.79 Å². The molecule has 1 saturated heterocycles. The predicted octanol–water partition coefficient (Wildman–Crippen LogP) is 4.22. The number of imidazole rings is 1. The van der Waals surface area contributed by atoms with Crippen LogP contribution in [0.3, 0.4) is 0 Å². The number of H-pyrrole nitrogens is 1. The van der Waals surface area contributed by atoms with Crippen molar-refractivity contribution in [3.8, 4) is 0 Å². The Balaban J connectivity index is 1.50. The van der Waals surface area contributed by atoms with E-state index in [0.717, 1.165) is 21.3 Å². The van der Waals surface area contributed by atoms with E-state index in [2.05, 4.69) is 25.9 Å². The van der Waals surface area contributed by atoms with E-state index in [1.165, 1.54) is 0 Å². The Kier molecular flexibility index (Phi) is 3.62. The van der Waals surface area contributed by atoms with Gasteiger partial charge in [0, 0.05) is 17.6 Å². The summed E-state index contributed by atoms with van der Waals surface area (Å²) in [6.45, 7) is 1.31. The summed E-state index contributed by atoms with van der Waals surface area (Å²) in [5.41, 5.74) is 2.52. The number of para-hydroxylation sites is 2. The number of hydrogen-bond donors (Lipinski definition) is 1. The van der Waals surface area contributed by atoms with Crippen LogP contribution in [0.1, 0.15) is 22.1 Å². The quantitative estimate of drug-likeness (QED) is 0.712. The van der Waals surface area contributed by atoms with Crippen LogP contribution < -0.4 is 0 Å². The molecule has 0 bridgehead atoms. The number of nitrogens with one attached hydrogen (secondary N) is 1. The van der Waals surface area contributed by atoms with Gasteiger partial charge in [-0.1, -0.05) is 39.7 Å². The number of aromatic nitrogens is 2. The molecule has 1 fully saturated rings. The summed E-state index contributed by atoms with van der Waals surface area (Å²) < 4.78 is 0.847. The molecule has 4 rings (SSSR count). The summed E-state index contributed by atoms with van der Waals surface area (Å²) in [5, 5.41) is 0.477. The van der Waals surface area contributed by atoms with Crippen molar-refractivity contribution >= 4 is 44.5 Å². The van der Waals surface area contributed by atoms with Gasteiger partial charge in [0.15, 0.2) is 0 Å². The van der Waals surface area contributed by atoms with Gasteiger partial charge in [0.05, 0.1) is 27.5 Å². The minimum absolute atomic E-state index is 0.0383. The van der Waals surface area contributed by atoms with Crippen molar-refractivity contribution in [1.82, 2.24) is 14.9 Å². The van der Waals surface area contributed by atoms with Crippen LogP contribution in [0.4, 0.5) is 0 Å². The first-order valence-electron chi connectivity index (χ1n) is 7.31. The Bertz CT molecular complexity index is 869. The van der Waals surface area contributed by atoms with Gasteiger partial charge in [-0.3, -0.25) is 4.79 Å². The lowest BCUT2D eigenvalue weighted by atomic mass is 9.98. The minimum Gasteiger partial charge on any atom is -0.342 e. The monoisotopic (exact) mass is 389 g/mol. The normalized spacial score (nSPS) is 15.0. The second kappa shape index (κ2) is 5.65. The highest BCUT2D eigenvalue weighted by Crippen LogP contribution is 2.30. The van der Waals surface area contributed by atoms with Gasteiger partial charge in [-0.25, -0.2) is 4.98 Å². The van der Waals surface area contributed by atoms with E-state index in [0.29, 0.717) is 23.7 Å². The standard InChI is InChI=1S/C17H13BrClN3O/c18-11-5-6-13(19)12(7-11)17(23)22-8-10(9-22)16-20-14-3-1-2-4-15(14)21-16/h1-7,10H,8-9H2,(H,20,21). The molecule has 0 unspecified atom stereocenters. The molecule has 2 aromatic carbocycles. The molecule has 6 heteroatoms. The molecule has 2 heterocycles. The third-order valence-electron chi connectivity index (χ3n) is 4.12. The lowest BCUT2D eigenvalue weighted by Crippen LogP contribution is -2.48. The van der Waals surface area contributed by atoms with Gasteiger partial charge in [0.25, 0.3) is 5.91 Å². The van der Waals surface area contributed by atoms with Crippen molar-refractivity contribution in [3.05, 3.63) is 63.3 Å². The third-order valence-corrected chi connectivity index (χ3v) is 4.94. The lowest BCUT2D eigenvalue weighted by molar-refractivity contribution is 0.0596. The van der Waals surface area contributed by atoms with Crippen molar-refractivity contribution in [2.24, 2.45) is 0 Å². The first kappa shape index (κ1) is 14.7. The predicted molar refractivity (Wildman–Crippen MR) is 93.9 cm³/mol. The molecule has 116 valence electrons. The molecular formula is C17H13BrClN3O. The zero-order chi connectivity index (χ0) is 16.0. The van der Waals surface area contributed by atoms with Crippen molar-refractivity contribution < 1.29 is 4.79 Å². The first-order valence-corrected chi connectivity index (χ1v) is 8.48. The van der Waals surface area contributed by atoms with Crippen molar-refractivity contribution in [2.75, 3.05) is 13.1 Å². The van der Waals surface area contributed by atoms with Crippen LogP contribution in [-0.4, -0.2) is 33.9 Å². The fraction of sp³-hybridized carbons (Fsp3) is 0.176. The maximum absolute atomic E-state index is 12.5. The summed E-state index contributed by atoms with van der Waals surface area (Å²) in [6.07, 6.45) is 0. The van der Waals surface area contributed by atoms with Gasteiger partial charge in [0.1, 0.15) is 5.82 Å². The molecule has 0 saturated carbocycles. The molecule has 1 amide bonds. The molecule has 1 N–H and O–H groups in total. The Morgan fingerprint density at radius 3 is 2.83 bits per heavy atom. The van der Waals surface area contributed by atoms with Gasteiger partial charge in [0.2, 0.25) is 0 Å². The Hall–Kier alpha value is -1.85. The molecule has 1 aliphatic rings. The molecule has 0 spiro atoms. The molecule has 0 radical (unpaired) electrons. The van der Waals surface area contributed by atoms with Crippen molar-refractivity contribution in [2.45, 2.75) is 5.92 Å². The first-order chi connectivity index (χ1) is 11.1. The van der Waals surface area contributed by atoms with E-state index < -0.39 is 0 Å². The highest BCUT2D eigenvalue weighted by Gasteiger charge is 2.34. The van der Waals surface area contributed by atoms with Gasteiger partial charge in [-0.05, 0) is 30.3 Å². The van der Waals surface area contributed by atoms with Gasteiger partial charge in [-0.15, -0.1) is 0 Å². The number of likely N-dealkylation sites (tertiary alicyclic amines) is 1. The van der Waals surface area contributed by atoms with Gasteiger partial charge >= 0.3 is 0 Å². The number of fused-ring (bicyclic) bond motifs is 1. The summed E-state index contributed by atoms with van der Waals surface area (Å²) >= 11 is 9.51. The second-order valence-electron chi connectivity index (χ2n) is 5.67. The summed E-state index contributed by atoms with van der Waals surface area (Å²) in [4.78, 5) is 22.3. The molecule has 3 aromatic rings. The highest BCUT2D eigenvalue weighted by atomic mass is 79.9. The average molecular weight is 391 g/mol. The largest absolute Gasteiger partial charge is 0.342 e. The SMILES string of the molecule is O=C(c1cc(Br)ccc1Cl)N1CC(c2nc3ccccc3[nH]2)C1. The maximum atomic E-state index is 12.5. The number of nitrogens with zero attached hydrogens (tertiary/aromatic N) is 2. The number of carbonyl (C=O) groups excluding carboxylic acids is 1. The molecule has 4 nitrogen and oxygen atoms in total. The average Bonchev–Trinajstić information content (AvgIpc) is 2.91. The number of aromatic amines is 1. The van der Waals surface area contributed by atoms with E-state index in [1.54, 1.807) is 17.0 Å². The third kappa shape index (κ3) is 2.64. The van der Waals surface area contributed by atoms with Gasteiger partial charge in [-0.2, -0.15) is 0 Å². The molecule has 0 aliphatic carbocycles. The highest BCUT2D eigenvalue weighted by molar-refractivity contribution is 9.10. The molecule has 23 heavy (non-hydrogen) atoms. The van der Waals surface area contributed by atoms with Crippen LogP contribution in [0.15, 0.2) is 46.9 Å². The van der Waals surface area contributed by atoms with E-state index in [1.807, 2.05) is 30.3 Å². The zero-order valence-electron chi connectivity index (χ0n) is 12.1. The number of amides is 1. The lowest BCUT2D eigenvalue weighted by Gasteiger charge is -2.38. The van der Waals surface area contributed by atoms with E-state index >= 15 is 0 Å². The van der Waals surface area contributed by atoms with Crippen LogP contribution in [0.5, 0.6) is 0 Å². The Morgan fingerprint density at radius 1 is 1.26 bits per heavy atom. The fourth-order valence-corrected chi connectivity index (χ4v) is 3.37. The molecule has 0 atom stereocenters. The molecular weight excluding hydrogens is 378 g/mol. The van der Waals surface area contributed by atoms with Crippen LogP contribution in [0.2, 0.25) is 5.02 Å². The number of rotatable bonds is 2. The van der Waals surface area contributed by atoms with Crippen molar-refractivity contribution in [1.29, 1.82) is 0 Å². The van der Waals surface area contributed by atoms with Crippen molar-refractivity contribution in [3.63, 3.8) is 0 Å². The second-order valence-corrected chi connectivity index (χ2v) is 6.99. The Labute approximate surface area is 146 Å². The number of carbonyl (C=O) groups is 1. The summed E-state index contributed by atoms with van der Waals surface area (Å²) in [5.74, 6) is 1.15. The number of hydrogen-bond acceptors (Lipinski definition) is 2. The smallest absolute Gasteiger partial charge is 0.255 e. The van der Waals surface area contributed by atoms with E-state index in [4.69, 9.17) is 11.6 Å². The topological polar surface area (TPSA) is 49.0 Å². The molecule has 1 aliphatic heterocycles. The summed E-state index contributed by atoms with van der Waals surface area (Å²) in [6, 6.07) is 13.3.